The van der Waals surface area contributed by atoms with Crippen LogP contribution in [-0.2, 0) is 6.54 Å². The fourth-order valence-corrected chi connectivity index (χ4v) is 2.34. The van der Waals surface area contributed by atoms with Gasteiger partial charge in [-0.1, -0.05) is 30.7 Å². The van der Waals surface area contributed by atoms with Crippen molar-refractivity contribution in [2.24, 2.45) is 5.73 Å². The molecule has 2 aromatic rings. The first kappa shape index (κ1) is 15.7. The van der Waals surface area contributed by atoms with E-state index in [1.54, 1.807) is 23.0 Å². The first-order chi connectivity index (χ1) is 10.0. The number of benzene rings is 1. The summed E-state index contributed by atoms with van der Waals surface area (Å²) in [7, 11) is 0. The molecule has 1 unspecified atom stereocenters. The van der Waals surface area contributed by atoms with E-state index in [2.05, 4.69) is 9.84 Å². The van der Waals surface area contributed by atoms with Crippen molar-refractivity contribution in [2.45, 2.75) is 32.5 Å². The maximum absolute atomic E-state index is 12.1. The third-order valence-electron chi connectivity index (χ3n) is 3.03. The van der Waals surface area contributed by atoms with Crippen molar-refractivity contribution in [3.63, 3.8) is 0 Å². The number of ether oxygens (including phenoxy) is 1. The van der Waals surface area contributed by atoms with Crippen LogP contribution in [0.2, 0.25) is 5.02 Å². The molecule has 0 saturated heterocycles. The molecule has 4 nitrogen and oxygen atoms in total. The van der Waals surface area contributed by atoms with Crippen LogP contribution in [0, 0.1) is 0 Å². The highest BCUT2D eigenvalue weighted by atomic mass is 35.5. The van der Waals surface area contributed by atoms with E-state index < -0.39 is 12.7 Å². The smallest absolute Gasteiger partial charge is 0.387 e. The van der Waals surface area contributed by atoms with E-state index in [0.29, 0.717) is 17.3 Å². The Morgan fingerprint density at radius 3 is 2.57 bits per heavy atom. The van der Waals surface area contributed by atoms with Gasteiger partial charge in [-0.25, -0.2) is 0 Å². The summed E-state index contributed by atoms with van der Waals surface area (Å²) < 4.78 is 30.3. The van der Waals surface area contributed by atoms with Crippen LogP contribution in [0.5, 0.6) is 5.75 Å². The van der Waals surface area contributed by atoms with Crippen LogP contribution >= 0.6 is 11.6 Å². The molecule has 0 radical (unpaired) electrons. The molecule has 21 heavy (non-hydrogen) atoms. The first-order valence-electron chi connectivity index (χ1n) is 6.54. The Labute approximate surface area is 126 Å². The molecule has 0 aliphatic heterocycles. The van der Waals surface area contributed by atoms with Crippen LogP contribution in [0.25, 0.3) is 0 Å². The van der Waals surface area contributed by atoms with Gasteiger partial charge in [0.2, 0.25) is 0 Å². The van der Waals surface area contributed by atoms with Gasteiger partial charge in [-0.3, -0.25) is 4.68 Å². The zero-order valence-electron chi connectivity index (χ0n) is 11.5. The normalized spacial score (nSPS) is 12.7. The summed E-state index contributed by atoms with van der Waals surface area (Å²) in [4.78, 5) is 0. The lowest BCUT2D eigenvalue weighted by molar-refractivity contribution is -0.0498. The van der Waals surface area contributed by atoms with Crippen molar-refractivity contribution in [3.05, 3.63) is 46.7 Å². The lowest BCUT2D eigenvalue weighted by atomic mass is 10.0. The number of alkyl halides is 2. The number of aromatic nitrogens is 2. The number of nitrogens with zero attached hydrogens (tertiary/aromatic N) is 2. The lowest BCUT2D eigenvalue weighted by Gasteiger charge is -2.15. The van der Waals surface area contributed by atoms with Crippen LogP contribution in [0.1, 0.15) is 30.6 Å². The van der Waals surface area contributed by atoms with Gasteiger partial charge in [-0.15, -0.1) is 0 Å². The standard InChI is InChI=1S/C14H16ClF2N3O/c1-2-7-20-13(11(15)8-19-20)12(18)9-3-5-10(6-4-9)21-14(16)17/h3-6,8,12,14H,2,7,18H2,1H3. The summed E-state index contributed by atoms with van der Waals surface area (Å²) in [6.07, 6.45) is 2.46. The second-order valence-electron chi connectivity index (χ2n) is 4.53. The predicted molar refractivity (Wildman–Crippen MR) is 76.6 cm³/mol. The van der Waals surface area contributed by atoms with Gasteiger partial charge in [0.15, 0.2) is 0 Å². The van der Waals surface area contributed by atoms with Gasteiger partial charge in [0, 0.05) is 6.54 Å². The third kappa shape index (κ3) is 3.71. The molecule has 0 amide bonds. The van der Waals surface area contributed by atoms with Crippen molar-refractivity contribution in [1.82, 2.24) is 9.78 Å². The SMILES string of the molecule is CCCn1ncc(Cl)c1C(N)c1ccc(OC(F)F)cc1. The molecular formula is C14H16ClF2N3O. The second-order valence-corrected chi connectivity index (χ2v) is 4.93. The topological polar surface area (TPSA) is 53.1 Å². The highest BCUT2D eigenvalue weighted by Gasteiger charge is 2.18. The third-order valence-corrected chi connectivity index (χ3v) is 3.32. The zero-order valence-corrected chi connectivity index (χ0v) is 12.2. The van der Waals surface area contributed by atoms with Gasteiger partial charge < -0.3 is 10.5 Å². The molecule has 2 rings (SSSR count). The van der Waals surface area contributed by atoms with E-state index >= 15 is 0 Å². The highest BCUT2D eigenvalue weighted by Crippen LogP contribution is 2.28. The summed E-state index contributed by atoms with van der Waals surface area (Å²) >= 11 is 6.14. The largest absolute Gasteiger partial charge is 0.435 e. The van der Waals surface area contributed by atoms with E-state index in [-0.39, 0.29) is 5.75 Å². The van der Waals surface area contributed by atoms with Crippen molar-refractivity contribution in [1.29, 1.82) is 0 Å². The van der Waals surface area contributed by atoms with Crippen LogP contribution in [0.15, 0.2) is 30.5 Å². The molecule has 1 heterocycles. The lowest BCUT2D eigenvalue weighted by Crippen LogP contribution is -2.18. The molecule has 0 fully saturated rings. The summed E-state index contributed by atoms with van der Waals surface area (Å²) in [5.41, 5.74) is 7.67. The van der Waals surface area contributed by atoms with Crippen molar-refractivity contribution in [2.75, 3.05) is 0 Å². The fraction of sp³-hybridized carbons (Fsp3) is 0.357. The number of hydrogen-bond acceptors (Lipinski definition) is 3. The Kier molecular flexibility index (Phi) is 5.14. The molecular weight excluding hydrogens is 300 g/mol. The van der Waals surface area contributed by atoms with Gasteiger partial charge in [-0.2, -0.15) is 13.9 Å². The molecule has 1 aromatic heterocycles. The van der Waals surface area contributed by atoms with Crippen molar-refractivity contribution >= 4 is 11.6 Å². The zero-order chi connectivity index (χ0) is 15.4. The van der Waals surface area contributed by atoms with Gasteiger partial charge in [0.05, 0.1) is 23.0 Å². The Hall–Kier alpha value is -1.66. The number of aryl methyl sites for hydroxylation is 1. The number of hydrogen-bond donors (Lipinski definition) is 1. The minimum Gasteiger partial charge on any atom is -0.435 e. The Morgan fingerprint density at radius 1 is 1.33 bits per heavy atom. The van der Waals surface area contributed by atoms with Crippen LogP contribution in [0.3, 0.4) is 0 Å². The molecule has 0 bridgehead atoms. The molecule has 0 aliphatic rings. The van der Waals surface area contributed by atoms with Gasteiger partial charge in [0.25, 0.3) is 0 Å². The molecule has 1 atom stereocenters. The Bertz CT molecular complexity index is 586. The van der Waals surface area contributed by atoms with Gasteiger partial charge >= 0.3 is 6.61 Å². The summed E-state index contributed by atoms with van der Waals surface area (Å²) in [5.74, 6) is 0.0918. The average Bonchev–Trinajstić information content (AvgIpc) is 2.80. The average molecular weight is 316 g/mol. The van der Waals surface area contributed by atoms with E-state index in [4.69, 9.17) is 17.3 Å². The molecule has 2 N–H and O–H groups in total. The van der Waals surface area contributed by atoms with Crippen molar-refractivity contribution in [3.8, 4) is 5.75 Å². The summed E-state index contributed by atoms with van der Waals surface area (Å²) in [6.45, 7) is -0.103. The first-order valence-corrected chi connectivity index (χ1v) is 6.92. The van der Waals surface area contributed by atoms with E-state index in [1.807, 2.05) is 6.92 Å². The highest BCUT2D eigenvalue weighted by molar-refractivity contribution is 6.31. The molecule has 0 spiro atoms. The number of rotatable bonds is 6. The van der Waals surface area contributed by atoms with Crippen LogP contribution in [-0.4, -0.2) is 16.4 Å². The number of nitrogens with two attached hydrogens (primary N) is 1. The molecule has 7 heteroatoms. The maximum Gasteiger partial charge on any atom is 0.387 e. The maximum atomic E-state index is 12.1. The van der Waals surface area contributed by atoms with Gasteiger partial charge in [-0.05, 0) is 24.1 Å². The van der Waals surface area contributed by atoms with E-state index in [9.17, 15) is 8.78 Å². The van der Waals surface area contributed by atoms with Crippen molar-refractivity contribution < 1.29 is 13.5 Å². The van der Waals surface area contributed by atoms with E-state index in [1.165, 1.54) is 12.1 Å². The fourth-order valence-electron chi connectivity index (χ4n) is 2.09. The van der Waals surface area contributed by atoms with Crippen LogP contribution < -0.4 is 10.5 Å². The minimum absolute atomic E-state index is 0.0918. The second kappa shape index (κ2) is 6.87. The quantitative estimate of drug-likeness (QED) is 0.886. The van der Waals surface area contributed by atoms with E-state index in [0.717, 1.165) is 12.0 Å². The molecule has 1 aromatic carbocycles. The monoisotopic (exact) mass is 315 g/mol. The Morgan fingerprint density at radius 2 is 2.00 bits per heavy atom. The van der Waals surface area contributed by atoms with Gasteiger partial charge in [0.1, 0.15) is 5.75 Å². The predicted octanol–water partition coefficient (Wildman–Crippen LogP) is 3.60. The Balaban J connectivity index is 2.23. The number of halogens is 3. The molecule has 114 valence electrons. The molecule has 0 aliphatic carbocycles. The summed E-state index contributed by atoms with van der Waals surface area (Å²) in [5, 5.41) is 4.68. The summed E-state index contributed by atoms with van der Waals surface area (Å²) in [6, 6.07) is 5.71. The minimum atomic E-state index is -2.84. The van der Waals surface area contributed by atoms with Crippen LogP contribution in [0.4, 0.5) is 8.78 Å². The molecule has 0 saturated carbocycles.